The van der Waals surface area contributed by atoms with E-state index in [1.54, 1.807) is 24.2 Å². The van der Waals surface area contributed by atoms with Gasteiger partial charge in [-0.15, -0.1) is 0 Å². The van der Waals surface area contributed by atoms with Crippen LogP contribution in [0.15, 0.2) is 46.3 Å². The number of thioether (sulfide) groups is 1. The summed E-state index contributed by atoms with van der Waals surface area (Å²) in [4.78, 5) is 31.2. The molecule has 1 fully saturated rings. The van der Waals surface area contributed by atoms with Crippen molar-refractivity contribution in [3.63, 3.8) is 0 Å². The summed E-state index contributed by atoms with van der Waals surface area (Å²) >= 11 is 3.41. The van der Waals surface area contributed by atoms with E-state index < -0.39 is 5.97 Å². The number of likely N-dealkylation sites (N-methyl/N-ethyl adjacent to an activating group) is 1. The van der Waals surface area contributed by atoms with E-state index in [-0.39, 0.29) is 12.5 Å². The van der Waals surface area contributed by atoms with Gasteiger partial charge < -0.3 is 18.9 Å². The molecule has 0 aliphatic carbocycles. The van der Waals surface area contributed by atoms with Gasteiger partial charge in [0.05, 0.1) is 35.5 Å². The van der Waals surface area contributed by atoms with Gasteiger partial charge in [0.2, 0.25) is 0 Å². The van der Waals surface area contributed by atoms with Crippen LogP contribution in [0.4, 0.5) is 5.69 Å². The molecule has 2 aromatic carbocycles. The number of hydrogen-bond acceptors (Lipinski definition) is 8. The topological polar surface area (TPSA) is 86.7 Å². The quantitative estimate of drug-likeness (QED) is 0.258. The van der Waals surface area contributed by atoms with Crippen molar-refractivity contribution in [3.05, 3.63) is 50.4 Å². The predicted molar refractivity (Wildman–Crippen MR) is 136 cm³/mol. The summed E-state index contributed by atoms with van der Waals surface area (Å²) in [5.41, 5.74) is 1.49. The van der Waals surface area contributed by atoms with Crippen molar-refractivity contribution in [1.29, 1.82) is 0 Å². The molecule has 2 aromatic rings. The molecule has 1 aliphatic heterocycles. The number of carbonyl (C=O) groups is 2. The van der Waals surface area contributed by atoms with Crippen LogP contribution in [0.25, 0.3) is 6.08 Å². The molecule has 0 radical (unpaired) electrons. The summed E-state index contributed by atoms with van der Waals surface area (Å²) in [5, 5.41) is 0.610. The molecule has 0 saturated carbocycles. The maximum Gasteiger partial charge on any atom is 0.343 e. The first-order chi connectivity index (χ1) is 15.9. The third-order valence-electron chi connectivity index (χ3n) is 4.61. The van der Waals surface area contributed by atoms with Crippen molar-refractivity contribution >= 4 is 63.2 Å². The Hall–Kier alpha value is -2.73. The van der Waals surface area contributed by atoms with Crippen molar-refractivity contribution in [2.75, 3.05) is 34.5 Å². The fraction of sp³-hybridized carbons (Fsp3) is 0.261. The van der Waals surface area contributed by atoms with Crippen molar-refractivity contribution in [2.45, 2.75) is 6.92 Å². The normalized spacial score (nSPS) is 15.8. The lowest BCUT2D eigenvalue weighted by molar-refractivity contribution is -0.143. The monoisotopic (exact) mass is 582 g/mol. The Balaban J connectivity index is 1.89. The number of rotatable bonds is 8. The van der Waals surface area contributed by atoms with Gasteiger partial charge in [-0.3, -0.25) is 9.69 Å². The molecule has 1 saturated heterocycles. The van der Waals surface area contributed by atoms with Gasteiger partial charge in [-0.25, -0.2) is 9.79 Å². The van der Waals surface area contributed by atoms with E-state index in [0.29, 0.717) is 28.1 Å². The highest BCUT2D eigenvalue weighted by Gasteiger charge is 2.32. The summed E-state index contributed by atoms with van der Waals surface area (Å²) in [6.07, 6.45) is 1.79. The molecule has 3 rings (SSSR count). The molecule has 0 unspecified atom stereocenters. The third-order valence-corrected chi connectivity index (χ3v) is 6.42. The molecule has 0 atom stereocenters. The first-order valence-electron chi connectivity index (χ1n) is 9.91. The summed E-state index contributed by atoms with van der Waals surface area (Å²) in [5.74, 6) is 1.02. The molecular weight excluding hydrogens is 559 g/mol. The van der Waals surface area contributed by atoms with Gasteiger partial charge in [-0.05, 0) is 89.3 Å². The highest BCUT2D eigenvalue weighted by molar-refractivity contribution is 14.1. The van der Waals surface area contributed by atoms with Crippen LogP contribution in [0.1, 0.15) is 12.5 Å². The number of carbonyl (C=O) groups excluding carboxylic acids is 2. The van der Waals surface area contributed by atoms with Crippen molar-refractivity contribution in [2.24, 2.45) is 4.99 Å². The zero-order valence-corrected chi connectivity index (χ0v) is 21.6. The van der Waals surface area contributed by atoms with E-state index in [4.69, 9.17) is 14.2 Å². The number of halogens is 1. The second-order valence-corrected chi connectivity index (χ2v) is 8.82. The number of benzene rings is 2. The van der Waals surface area contributed by atoms with Crippen LogP contribution in [0.3, 0.4) is 0 Å². The van der Waals surface area contributed by atoms with Crippen LogP contribution < -0.4 is 14.2 Å². The summed E-state index contributed by atoms with van der Waals surface area (Å²) in [6.45, 7) is 2.18. The largest absolute Gasteiger partial charge is 0.497 e. The SMILES string of the molecule is CCN1C(=O)/C(=C\c2cc(I)c(OCC(=O)OC)c(OC)c2)SC1=Nc1ccc(OC)cc1. The molecule has 0 spiro atoms. The first kappa shape index (κ1) is 24.9. The zero-order chi connectivity index (χ0) is 24.0. The molecule has 33 heavy (non-hydrogen) atoms. The van der Waals surface area contributed by atoms with Gasteiger partial charge >= 0.3 is 5.97 Å². The standard InChI is InChI=1S/C23H23IN2O6S/c1-5-26-22(28)19(33-23(26)25-15-6-8-16(29-2)9-7-15)12-14-10-17(24)21(18(11-14)30-3)32-13-20(27)31-4/h6-12H,5,13H2,1-4H3/b19-12+,25-23?. The Morgan fingerprint density at radius 3 is 2.48 bits per heavy atom. The molecule has 8 nitrogen and oxygen atoms in total. The minimum atomic E-state index is -0.490. The van der Waals surface area contributed by atoms with E-state index in [9.17, 15) is 9.59 Å². The zero-order valence-electron chi connectivity index (χ0n) is 18.6. The third kappa shape index (κ3) is 5.99. The van der Waals surface area contributed by atoms with Gasteiger partial charge in [0.15, 0.2) is 23.3 Å². The minimum Gasteiger partial charge on any atom is -0.497 e. The van der Waals surface area contributed by atoms with Crippen molar-refractivity contribution < 1.29 is 28.5 Å². The second-order valence-electron chi connectivity index (χ2n) is 6.65. The van der Waals surface area contributed by atoms with Crippen molar-refractivity contribution in [1.82, 2.24) is 4.90 Å². The second kappa shape index (κ2) is 11.4. The smallest absolute Gasteiger partial charge is 0.343 e. The molecule has 0 N–H and O–H groups in total. The van der Waals surface area contributed by atoms with Crippen LogP contribution in [0, 0.1) is 3.57 Å². The van der Waals surface area contributed by atoms with Gasteiger partial charge in [-0.2, -0.15) is 0 Å². The molecule has 1 amide bonds. The first-order valence-corrected chi connectivity index (χ1v) is 11.8. The molecule has 1 heterocycles. The molecule has 1 aliphatic rings. The summed E-state index contributed by atoms with van der Waals surface area (Å²) in [7, 11) is 4.42. The summed E-state index contributed by atoms with van der Waals surface area (Å²) < 4.78 is 21.5. The van der Waals surface area contributed by atoms with Gasteiger partial charge in [-0.1, -0.05) is 0 Å². The van der Waals surface area contributed by atoms with E-state index in [1.165, 1.54) is 26.0 Å². The Morgan fingerprint density at radius 2 is 1.88 bits per heavy atom. The number of amides is 1. The Morgan fingerprint density at radius 1 is 1.15 bits per heavy atom. The lowest BCUT2D eigenvalue weighted by atomic mass is 10.2. The lowest BCUT2D eigenvalue weighted by Gasteiger charge is -2.13. The van der Waals surface area contributed by atoms with Gasteiger partial charge in [0, 0.05) is 6.54 Å². The van der Waals surface area contributed by atoms with Crippen LogP contribution in [0.5, 0.6) is 17.2 Å². The average molecular weight is 582 g/mol. The maximum absolute atomic E-state index is 13.0. The lowest BCUT2D eigenvalue weighted by Crippen LogP contribution is -2.28. The summed E-state index contributed by atoms with van der Waals surface area (Å²) in [6, 6.07) is 10.9. The molecule has 0 bridgehead atoms. The number of hydrogen-bond donors (Lipinski definition) is 0. The van der Waals surface area contributed by atoms with Crippen LogP contribution in [-0.4, -0.2) is 56.4 Å². The van der Waals surface area contributed by atoms with E-state index >= 15 is 0 Å². The number of esters is 1. The van der Waals surface area contributed by atoms with Crippen molar-refractivity contribution in [3.8, 4) is 17.2 Å². The molecule has 10 heteroatoms. The fourth-order valence-corrected chi connectivity index (χ4v) is 4.79. The number of ether oxygens (including phenoxy) is 4. The van der Waals surface area contributed by atoms with Gasteiger partial charge in [0.1, 0.15) is 5.75 Å². The number of aliphatic imine (C=N–C) groups is 1. The molecular formula is C23H23IN2O6S. The van der Waals surface area contributed by atoms with E-state index in [1.807, 2.05) is 37.3 Å². The maximum atomic E-state index is 13.0. The molecule has 0 aromatic heterocycles. The van der Waals surface area contributed by atoms with Crippen LogP contribution in [0.2, 0.25) is 0 Å². The van der Waals surface area contributed by atoms with E-state index in [0.717, 1.165) is 20.6 Å². The predicted octanol–water partition coefficient (Wildman–Crippen LogP) is 4.48. The Bertz CT molecular complexity index is 1100. The number of methoxy groups -OCH3 is 3. The minimum absolute atomic E-state index is 0.116. The average Bonchev–Trinajstić information content (AvgIpc) is 3.11. The fourth-order valence-electron chi connectivity index (χ4n) is 2.94. The van der Waals surface area contributed by atoms with Gasteiger partial charge in [0.25, 0.3) is 5.91 Å². The van der Waals surface area contributed by atoms with E-state index in [2.05, 4.69) is 32.3 Å². The van der Waals surface area contributed by atoms with Crippen LogP contribution in [-0.2, 0) is 14.3 Å². The number of nitrogens with zero attached hydrogens (tertiary/aromatic N) is 2. The number of amidine groups is 1. The highest BCUT2D eigenvalue weighted by Crippen LogP contribution is 2.38. The highest BCUT2D eigenvalue weighted by atomic mass is 127. The Labute approximate surface area is 210 Å². The Kier molecular flexibility index (Phi) is 8.61. The molecule has 174 valence electrons. The van der Waals surface area contributed by atoms with Crippen LogP contribution >= 0.6 is 34.4 Å².